The molecular formula is C27H39ClN2O3S. The fourth-order valence-corrected chi connectivity index (χ4v) is 5.92. The van der Waals surface area contributed by atoms with Crippen LogP contribution >= 0.6 is 11.6 Å². The van der Waals surface area contributed by atoms with Crippen LogP contribution in [0.5, 0.6) is 5.75 Å². The van der Waals surface area contributed by atoms with Crippen molar-refractivity contribution in [2.45, 2.75) is 63.8 Å². The molecule has 0 aromatic heterocycles. The van der Waals surface area contributed by atoms with Crippen LogP contribution in [0.3, 0.4) is 0 Å². The molecule has 1 saturated heterocycles. The first-order valence-corrected chi connectivity index (χ1v) is 14.4. The van der Waals surface area contributed by atoms with E-state index in [4.69, 9.17) is 16.3 Å². The largest absolute Gasteiger partial charge is 0.493 e. The topological polar surface area (TPSA) is 49.9 Å². The van der Waals surface area contributed by atoms with Gasteiger partial charge in [-0.05, 0) is 81.4 Å². The monoisotopic (exact) mass is 506 g/mol. The van der Waals surface area contributed by atoms with Crippen LogP contribution in [0.25, 0.3) is 0 Å². The summed E-state index contributed by atoms with van der Waals surface area (Å²) >= 11 is 5.99. The predicted octanol–water partition coefficient (Wildman–Crippen LogP) is 6.22. The number of benzene rings is 2. The molecule has 34 heavy (non-hydrogen) atoms. The Labute approximate surface area is 211 Å². The van der Waals surface area contributed by atoms with E-state index in [2.05, 4.69) is 18.7 Å². The van der Waals surface area contributed by atoms with Crippen LogP contribution < -0.4 is 4.74 Å². The predicted molar refractivity (Wildman–Crippen MR) is 140 cm³/mol. The van der Waals surface area contributed by atoms with Crippen LogP contribution in [-0.4, -0.2) is 50.4 Å². The van der Waals surface area contributed by atoms with Crippen LogP contribution in [-0.2, 0) is 16.6 Å². The quantitative estimate of drug-likeness (QED) is 0.302. The fourth-order valence-electron chi connectivity index (χ4n) is 4.33. The van der Waals surface area contributed by atoms with Crippen molar-refractivity contribution in [1.29, 1.82) is 0 Å². The number of hydrogen-bond donors (Lipinski definition) is 0. The molecule has 1 aliphatic heterocycles. The summed E-state index contributed by atoms with van der Waals surface area (Å²) < 4.78 is 34.7. The van der Waals surface area contributed by atoms with Crippen LogP contribution in [0.15, 0.2) is 53.4 Å². The Bertz CT molecular complexity index is 974. The van der Waals surface area contributed by atoms with Crippen molar-refractivity contribution < 1.29 is 13.2 Å². The summed E-state index contributed by atoms with van der Waals surface area (Å²) in [6, 6.07) is 14.2. The maximum Gasteiger partial charge on any atom is 0.243 e. The Morgan fingerprint density at radius 3 is 2.41 bits per heavy atom. The number of piperidine rings is 1. The van der Waals surface area contributed by atoms with Gasteiger partial charge in [0.2, 0.25) is 10.0 Å². The van der Waals surface area contributed by atoms with E-state index in [0.717, 1.165) is 37.1 Å². The summed E-state index contributed by atoms with van der Waals surface area (Å²) in [4.78, 5) is 2.77. The molecule has 2 aromatic carbocycles. The Hall–Kier alpha value is -1.60. The zero-order valence-corrected chi connectivity index (χ0v) is 22.2. The van der Waals surface area contributed by atoms with E-state index >= 15 is 0 Å². The lowest BCUT2D eigenvalue weighted by Gasteiger charge is -2.26. The van der Waals surface area contributed by atoms with Crippen molar-refractivity contribution in [2.75, 3.05) is 32.8 Å². The van der Waals surface area contributed by atoms with Crippen molar-refractivity contribution in [3.05, 3.63) is 59.1 Å². The summed E-state index contributed by atoms with van der Waals surface area (Å²) in [6.07, 6.45) is 6.67. The number of ether oxygens (including phenoxy) is 1. The molecule has 2 aromatic rings. The summed E-state index contributed by atoms with van der Waals surface area (Å²) in [5.41, 5.74) is 0.891. The first-order chi connectivity index (χ1) is 16.4. The molecule has 0 aliphatic carbocycles. The van der Waals surface area contributed by atoms with Gasteiger partial charge in [0, 0.05) is 30.2 Å². The molecule has 0 spiro atoms. The number of rotatable bonds is 13. The third kappa shape index (κ3) is 8.26. The summed E-state index contributed by atoms with van der Waals surface area (Å²) in [5.74, 6) is 1.29. The molecule has 0 radical (unpaired) electrons. The van der Waals surface area contributed by atoms with Crippen molar-refractivity contribution in [1.82, 2.24) is 9.21 Å². The molecule has 7 heteroatoms. The van der Waals surface area contributed by atoms with Gasteiger partial charge in [0.25, 0.3) is 0 Å². The highest BCUT2D eigenvalue weighted by Crippen LogP contribution is 2.26. The Kier molecular flexibility index (Phi) is 10.7. The molecule has 1 aliphatic rings. The van der Waals surface area contributed by atoms with E-state index in [-0.39, 0.29) is 11.4 Å². The van der Waals surface area contributed by atoms with Gasteiger partial charge in [-0.15, -0.1) is 0 Å². The van der Waals surface area contributed by atoms with Gasteiger partial charge in [0.05, 0.1) is 11.5 Å². The second-order valence-electron chi connectivity index (χ2n) is 9.54. The minimum absolute atomic E-state index is 0.265. The second kappa shape index (κ2) is 13.5. The van der Waals surface area contributed by atoms with Gasteiger partial charge < -0.3 is 9.64 Å². The van der Waals surface area contributed by atoms with E-state index in [1.54, 1.807) is 28.6 Å². The van der Waals surface area contributed by atoms with Crippen LogP contribution in [0.2, 0.25) is 5.02 Å². The average molecular weight is 507 g/mol. The van der Waals surface area contributed by atoms with E-state index in [1.807, 2.05) is 24.3 Å². The van der Waals surface area contributed by atoms with Crippen molar-refractivity contribution in [2.24, 2.45) is 5.92 Å². The van der Waals surface area contributed by atoms with Crippen LogP contribution in [0, 0.1) is 5.92 Å². The fraction of sp³-hybridized carbons (Fsp3) is 0.556. The zero-order chi connectivity index (χ0) is 24.4. The highest BCUT2D eigenvalue weighted by Gasteiger charge is 2.25. The maximum absolute atomic E-state index is 13.5. The van der Waals surface area contributed by atoms with Gasteiger partial charge in [-0.3, -0.25) is 0 Å². The molecule has 188 valence electrons. The molecule has 0 atom stereocenters. The Morgan fingerprint density at radius 2 is 1.71 bits per heavy atom. The molecule has 0 unspecified atom stereocenters. The van der Waals surface area contributed by atoms with E-state index in [0.29, 0.717) is 24.1 Å². The molecule has 0 bridgehead atoms. The molecule has 1 fully saturated rings. The van der Waals surface area contributed by atoms with Crippen LogP contribution in [0.1, 0.15) is 57.9 Å². The normalized spacial score (nSPS) is 15.2. The minimum atomic E-state index is -3.66. The van der Waals surface area contributed by atoms with Gasteiger partial charge in [0.15, 0.2) is 0 Å². The summed E-state index contributed by atoms with van der Waals surface area (Å²) in [7, 11) is -3.66. The third-order valence-electron chi connectivity index (χ3n) is 6.28. The molecule has 0 amide bonds. The lowest BCUT2D eigenvalue weighted by Crippen LogP contribution is -2.32. The van der Waals surface area contributed by atoms with Gasteiger partial charge >= 0.3 is 0 Å². The molecule has 1 heterocycles. The number of sulfonamides is 1. The Balaban J connectivity index is 1.69. The standard InChI is InChI=1S/C27H39ClN2O3S/c1-23(2)10-8-20-30(34(31,32)26-15-13-25(28)14-16-26)22-24-11-4-5-12-27(24)33-21-9-19-29-17-6-3-7-18-29/h4-5,11-16,23H,3,6-10,17-22H2,1-2H3. The number of nitrogens with zero attached hydrogens (tertiary/aromatic N) is 2. The van der Waals surface area contributed by atoms with Crippen molar-refractivity contribution >= 4 is 21.6 Å². The van der Waals surface area contributed by atoms with Gasteiger partial charge in [-0.2, -0.15) is 4.31 Å². The molecule has 3 rings (SSSR count). The number of para-hydroxylation sites is 1. The summed E-state index contributed by atoms with van der Waals surface area (Å²) in [5, 5.41) is 0.522. The zero-order valence-electron chi connectivity index (χ0n) is 20.6. The van der Waals surface area contributed by atoms with E-state index < -0.39 is 10.0 Å². The molecule has 0 N–H and O–H groups in total. The first-order valence-electron chi connectivity index (χ1n) is 12.5. The lowest BCUT2D eigenvalue weighted by molar-refractivity contribution is 0.204. The second-order valence-corrected chi connectivity index (χ2v) is 11.9. The number of likely N-dealkylation sites (tertiary alicyclic amines) is 1. The number of hydrogen-bond acceptors (Lipinski definition) is 4. The van der Waals surface area contributed by atoms with Gasteiger partial charge in [0.1, 0.15) is 5.75 Å². The third-order valence-corrected chi connectivity index (χ3v) is 8.40. The lowest BCUT2D eigenvalue weighted by atomic mass is 10.1. The van der Waals surface area contributed by atoms with Crippen molar-refractivity contribution in [3.8, 4) is 5.75 Å². The minimum Gasteiger partial charge on any atom is -0.493 e. The smallest absolute Gasteiger partial charge is 0.243 e. The molecular weight excluding hydrogens is 468 g/mol. The van der Waals surface area contributed by atoms with Gasteiger partial charge in [-0.25, -0.2) is 8.42 Å². The van der Waals surface area contributed by atoms with E-state index in [9.17, 15) is 8.42 Å². The SMILES string of the molecule is CC(C)CCCN(Cc1ccccc1OCCCN1CCCCC1)S(=O)(=O)c1ccc(Cl)cc1. The molecule has 0 saturated carbocycles. The maximum atomic E-state index is 13.5. The van der Waals surface area contributed by atoms with Gasteiger partial charge in [-0.1, -0.05) is 50.1 Å². The highest BCUT2D eigenvalue weighted by atomic mass is 35.5. The average Bonchev–Trinajstić information content (AvgIpc) is 2.83. The number of halogens is 1. The van der Waals surface area contributed by atoms with Crippen LogP contribution in [0.4, 0.5) is 0 Å². The first kappa shape index (κ1) is 27.0. The van der Waals surface area contributed by atoms with Crippen molar-refractivity contribution in [3.63, 3.8) is 0 Å². The summed E-state index contributed by atoms with van der Waals surface area (Å²) in [6.45, 7) is 9.11. The van der Waals surface area contributed by atoms with E-state index in [1.165, 1.54) is 32.4 Å². The Morgan fingerprint density at radius 1 is 1.00 bits per heavy atom. The highest BCUT2D eigenvalue weighted by molar-refractivity contribution is 7.89. The molecule has 5 nitrogen and oxygen atoms in total.